The van der Waals surface area contributed by atoms with Crippen LogP contribution in [-0.2, 0) is 6.42 Å². The molecule has 2 rings (SSSR count). The van der Waals surface area contributed by atoms with Gasteiger partial charge < -0.3 is 5.32 Å². The first-order valence-corrected chi connectivity index (χ1v) is 5.98. The number of likely N-dealkylation sites (N-methyl/N-ethyl adjacent to an activating group) is 1. The molecule has 4 heteroatoms. The van der Waals surface area contributed by atoms with E-state index in [-0.39, 0.29) is 5.56 Å². The SMILES string of the molecule is CNC(Cc1ccccc1)c1ccc(F)c(F)c1F. The van der Waals surface area contributed by atoms with Gasteiger partial charge in [-0.05, 0) is 25.1 Å². The van der Waals surface area contributed by atoms with Crippen LogP contribution in [0.4, 0.5) is 13.2 Å². The number of nitrogens with one attached hydrogen (secondary N) is 1. The molecule has 0 aromatic heterocycles. The van der Waals surface area contributed by atoms with Crippen LogP contribution in [0.5, 0.6) is 0 Å². The van der Waals surface area contributed by atoms with Crippen LogP contribution >= 0.6 is 0 Å². The third-order valence-corrected chi connectivity index (χ3v) is 3.07. The maximum atomic E-state index is 13.7. The second-order valence-electron chi connectivity index (χ2n) is 4.30. The molecule has 0 aliphatic carbocycles. The van der Waals surface area contributed by atoms with Gasteiger partial charge >= 0.3 is 0 Å². The molecule has 100 valence electrons. The smallest absolute Gasteiger partial charge is 0.194 e. The molecule has 1 atom stereocenters. The van der Waals surface area contributed by atoms with Gasteiger partial charge in [0, 0.05) is 11.6 Å². The van der Waals surface area contributed by atoms with Crippen LogP contribution in [0.15, 0.2) is 42.5 Å². The van der Waals surface area contributed by atoms with Gasteiger partial charge in [0.1, 0.15) is 0 Å². The Morgan fingerprint density at radius 2 is 1.63 bits per heavy atom. The molecule has 0 bridgehead atoms. The lowest BCUT2D eigenvalue weighted by Gasteiger charge is -2.18. The Labute approximate surface area is 110 Å². The van der Waals surface area contributed by atoms with Crippen molar-refractivity contribution in [2.24, 2.45) is 0 Å². The minimum absolute atomic E-state index is 0.130. The minimum atomic E-state index is -1.43. The van der Waals surface area contributed by atoms with Crippen molar-refractivity contribution in [3.05, 3.63) is 71.0 Å². The highest BCUT2D eigenvalue weighted by atomic mass is 19.2. The van der Waals surface area contributed by atoms with Gasteiger partial charge in [0.25, 0.3) is 0 Å². The van der Waals surface area contributed by atoms with Crippen molar-refractivity contribution in [3.8, 4) is 0 Å². The largest absolute Gasteiger partial charge is 0.313 e. The zero-order valence-electron chi connectivity index (χ0n) is 10.5. The standard InChI is InChI=1S/C15H14F3N/c1-19-13(9-10-5-3-2-4-6-10)11-7-8-12(16)15(18)14(11)17/h2-8,13,19H,9H2,1H3. The molecule has 0 saturated carbocycles. The molecule has 1 unspecified atom stereocenters. The van der Waals surface area contributed by atoms with E-state index in [2.05, 4.69) is 5.32 Å². The molecule has 0 radical (unpaired) electrons. The Morgan fingerprint density at radius 3 is 2.26 bits per heavy atom. The number of rotatable bonds is 4. The van der Waals surface area contributed by atoms with Crippen molar-refractivity contribution < 1.29 is 13.2 Å². The van der Waals surface area contributed by atoms with Gasteiger partial charge in [-0.25, -0.2) is 13.2 Å². The fraction of sp³-hybridized carbons (Fsp3) is 0.200. The molecule has 1 nitrogen and oxygen atoms in total. The van der Waals surface area contributed by atoms with Crippen LogP contribution in [0.3, 0.4) is 0 Å². The topological polar surface area (TPSA) is 12.0 Å². The van der Waals surface area contributed by atoms with Crippen molar-refractivity contribution in [2.45, 2.75) is 12.5 Å². The van der Waals surface area contributed by atoms with E-state index in [1.165, 1.54) is 6.07 Å². The molecule has 19 heavy (non-hydrogen) atoms. The van der Waals surface area contributed by atoms with Gasteiger partial charge in [0.2, 0.25) is 0 Å². The molecule has 0 saturated heterocycles. The second-order valence-corrected chi connectivity index (χ2v) is 4.30. The molecule has 0 fully saturated rings. The molecule has 2 aromatic rings. The third kappa shape index (κ3) is 2.96. The van der Waals surface area contributed by atoms with Gasteiger partial charge in [-0.1, -0.05) is 36.4 Å². The van der Waals surface area contributed by atoms with Crippen LogP contribution in [0.2, 0.25) is 0 Å². The summed E-state index contributed by atoms with van der Waals surface area (Å²) in [5, 5.41) is 2.93. The lowest BCUT2D eigenvalue weighted by Crippen LogP contribution is -2.20. The van der Waals surface area contributed by atoms with Crippen molar-refractivity contribution in [3.63, 3.8) is 0 Å². The zero-order chi connectivity index (χ0) is 13.8. The maximum Gasteiger partial charge on any atom is 0.194 e. The number of benzene rings is 2. The molecular formula is C15H14F3N. The lowest BCUT2D eigenvalue weighted by atomic mass is 9.98. The molecular weight excluding hydrogens is 251 g/mol. The highest BCUT2D eigenvalue weighted by Crippen LogP contribution is 2.24. The Hall–Kier alpha value is -1.81. The van der Waals surface area contributed by atoms with E-state index in [0.29, 0.717) is 6.42 Å². The summed E-state index contributed by atoms with van der Waals surface area (Å²) < 4.78 is 39.9. The van der Waals surface area contributed by atoms with Gasteiger partial charge in [0.15, 0.2) is 17.5 Å². The summed E-state index contributed by atoms with van der Waals surface area (Å²) in [6.07, 6.45) is 0.499. The van der Waals surface area contributed by atoms with Crippen molar-refractivity contribution >= 4 is 0 Å². The van der Waals surface area contributed by atoms with Gasteiger partial charge in [-0.15, -0.1) is 0 Å². The van der Waals surface area contributed by atoms with Crippen LogP contribution < -0.4 is 5.32 Å². The summed E-state index contributed by atoms with van der Waals surface area (Å²) in [5.41, 5.74) is 1.12. The van der Waals surface area contributed by atoms with Crippen LogP contribution in [-0.4, -0.2) is 7.05 Å². The summed E-state index contributed by atoms with van der Waals surface area (Å²) in [4.78, 5) is 0. The second kappa shape index (κ2) is 5.89. The van der Waals surface area contributed by atoms with E-state index in [4.69, 9.17) is 0 Å². The predicted molar refractivity (Wildman–Crippen MR) is 68.3 cm³/mol. The molecule has 0 amide bonds. The van der Waals surface area contributed by atoms with E-state index in [0.717, 1.165) is 11.6 Å². The fourth-order valence-corrected chi connectivity index (χ4v) is 2.03. The van der Waals surface area contributed by atoms with E-state index >= 15 is 0 Å². The quantitative estimate of drug-likeness (QED) is 0.833. The zero-order valence-corrected chi connectivity index (χ0v) is 10.5. The first kappa shape index (κ1) is 13.6. The monoisotopic (exact) mass is 265 g/mol. The highest BCUT2D eigenvalue weighted by Gasteiger charge is 2.19. The maximum absolute atomic E-state index is 13.7. The van der Waals surface area contributed by atoms with Crippen molar-refractivity contribution in [1.29, 1.82) is 0 Å². The van der Waals surface area contributed by atoms with Gasteiger partial charge in [-0.3, -0.25) is 0 Å². The Bertz CT molecular complexity index is 555. The summed E-state index contributed by atoms with van der Waals surface area (Å²) >= 11 is 0. The molecule has 0 heterocycles. The van der Waals surface area contributed by atoms with Crippen molar-refractivity contribution in [2.75, 3.05) is 7.05 Å². The first-order valence-electron chi connectivity index (χ1n) is 5.98. The minimum Gasteiger partial charge on any atom is -0.313 e. The average Bonchev–Trinajstić information content (AvgIpc) is 2.44. The van der Waals surface area contributed by atoms with E-state index in [1.807, 2.05) is 30.3 Å². The summed E-state index contributed by atoms with van der Waals surface area (Å²) in [5.74, 6) is -3.73. The summed E-state index contributed by atoms with van der Waals surface area (Å²) in [6, 6.07) is 11.3. The first-order chi connectivity index (χ1) is 9.13. The number of hydrogen-bond acceptors (Lipinski definition) is 1. The molecule has 0 aliphatic rings. The Balaban J connectivity index is 2.30. The average molecular weight is 265 g/mol. The fourth-order valence-electron chi connectivity index (χ4n) is 2.03. The molecule has 2 aromatic carbocycles. The third-order valence-electron chi connectivity index (χ3n) is 3.07. The molecule has 0 spiro atoms. The lowest BCUT2D eigenvalue weighted by molar-refractivity contribution is 0.428. The Morgan fingerprint density at radius 1 is 0.947 bits per heavy atom. The van der Waals surface area contributed by atoms with E-state index in [1.54, 1.807) is 7.05 Å². The highest BCUT2D eigenvalue weighted by molar-refractivity contribution is 5.26. The summed E-state index contributed by atoms with van der Waals surface area (Å²) in [7, 11) is 1.66. The van der Waals surface area contributed by atoms with Crippen molar-refractivity contribution in [1.82, 2.24) is 5.32 Å². The normalized spacial score (nSPS) is 12.4. The van der Waals surface area contributed by atoms with E-state index < -0.39 is 23.5 Å². The van der Waals surface area contributed by atoms with Crippen LogP contribution in [0.1, 0.15) is 17.2 Å². The summed E-state index contributed by atoms with van der Waals surface area (Å²) in [6.45, 7) is 0. The van der Waals surface area contributed by atoms with Gasteiger partial charge in [0.05, 0.1) is 0 Å². The van der Waals surface area contributed by atoms with Crippen LogP contribution in [0, 0.1) is 17.5 Å². The van der Waals surface area contributed by atoms with Crippen LogP contribution in [0.25, 0.3) is 0 Å². The van der Waals surface area contributed by atoms with Gasteiger partial charge in [-0.2, -0.15) is 0 Å². The Kier molecular flexibility index (Phi) is 4.22. The predicted octanol–water partition coefficient (Wildman–Crippen LogP) is 3.61. The molecule has 1 N–H and O–H groups in total. The van der Waals surface area contributed by atoms with E-state index in [9.17, 15) is 13.2 Å². The number of halogens is 3. The number of hydrogen-bond donors (Lipinski definition) is 1. The molecule has 0 aliphatic heterocycles.